The van der Waals surface area contributed by atoms with Crippen LogP contribution in [-0.4, -0.2) is 54.3 Å². The fraction of sp³-hybridized carbons (Fsp3) is 0.421. The minimum Gasteiger partial charge on any atom is -0.508 e. The third-order valence-corrected chi connectivity index (χ3v) is 43.6. The van der Waals surface area contributed by atoms with E-state index in [1.54, 1.807) is 0 Å². The number of unbranched alkanes of at least 4 members (excludes halogenated alkanes) is 23. The summed E-state index contributed by atoms with van der Waals surface area (Å²) in [6, 6.07) is 69.5. The molecule has 1 N–H and O–H groups in total. The van der Waals surface area contributed by atoms with E-state index < -0.39 is 7.15 Å². The number of phenolic OH excluding ortho intramolecular Hbond substituents is 1. The minimum absolute atomic E-state index is 0.0198. The second kappa shape index (κ2) is 61.4. The topological polar surface area (TPSA) is 82.1 Å². The molecule has 0 spiro atoms. The van der Waals surface area contributed by atoms with Gasteiger partial charge in [0.25, 0.3) is 0 Å². The molecule has 6 bridgehead atoms. The molecule has 8 aromatic carbocycles. The quantitative estimate of drug-likeness (QED) is 0.0230. The standard InChI is InChI=1S/C46H52Br2O2S2.C28H30O2.C20H12O2.C18H23Br3S2.C8H17Br.CH3F.S6/c1-3-5-7-9-10-17-27-49-37-25-26-38(44-42-35-23-14-12-21-33(35)41(43(37)44)34-22-13-15-24-36(34)42)50-28-18-16-19-31-30-40(47)52-45(31)39-29-32(46(48)51-39)20-11-8-6-4-2;1-2-3-4-5-6-11-18-30-24-17-16-23(29)27-25-19-12-7-9-14-21(19)26(28(24)27)22-15-10-8-13-20(22)25;21-15-9-10-16(22)20-18-12-6-2-1-5-11(12)17(19(15)20)13-7-3-4-8-14(13)18;1-2-3-4-5-9-14-11-15(22-18(14)21)17-13(8-6-7-10-19)12-16(20)23-17;1-2-3-4-5-6-7-8-9;1-2;1-3-5-6-4-2/h12-15,21-26,29-30,41-42H,3-11,16-20,27-28H2,1-2H3;7-10,12-17,25-26,29H,2-6,11,18H2,1H3;1-10,17-18H;11-12H,2-10H2,1H3;2-8H2,1H3;1H3;/i;;;;;1D;. The Hall–Kier alpha value is -5.29. The van der Waals surface area contributed by atoms with Crippen molar-refractivity contribution in [3.05, 3.63) is 344 Å². The molecule has 0 saturated heterocycles. The van der Waals surface area contributed by atoms with Crippen LogP contribution >= 0.6 is 141 Å². The first-order valence-corrected chi connectivity index (χ1v) is 67.4. The first-order chi connectivity index (χ1) is 71.1. The van der Waals surface area contributed by atoms with E-state index in [9.17, 15) is 19.1 Å². The highest BCUT2D eigenvalue weighted by atomic mass is 79.9. The number of aryl methyl sites for hydroxylation is 4. The number of rotatable bonds is 44. The summed E-state index contributed by atoms with van der Waals surface area (Å²) in [5, 5.41) is 13.2. The number of ketones is 2. The lowest BCUT2D eigenvalue weighted by molar-refractivity contribution is -0.115. The predicted molar refractivity (Wildman–Crippen MR) is 650 cm³/mol. The van der Waals surface area contributed by atoms with Crippen LogP contribution < -0.4 is 14.2 Å². The monoisotopic (exact) mass is 2500 g/mol. The van der Waals surface area contributed by atoms with Gasteiger partial charge in [0.05, 0.1) is 43.5 Å². The van der Waals surface area contributed by atoms with Gasteiger partial charge in [-0.3, -0.25) is 14.0 Å². The Morgan fingerprint density at radius 3 is 0.903 bits per heavy atom. The highest BCUT2D eigenvalue weighted by Crippen LogP contribution is 2.63. The molecule has 10 aliphatic carbocycles. The van der Waals surface area contributed by atoms with E-state index in [0.717, 1.165) is 79.9 Å². The molecule has 12 aromatic rings. The van der Waals surface area contributed by atoms with Crippen molar-refractivity contribution in [1.29, 1.82) is 0 Å². The fourth-order valence-electron chi connectivity index (χ4n) is 21.5. The average Bonchev–Trinajstić information content (AvgIpc) is 1.70. The van der Waals surface area contributed by atoms with E-state index in [1.807, 2.05) is 81.7 Å². The van der Waals surface area contributed by atoms with Gasteiger partial charge in [0.2, 0.25) is 0 Å². The van der Waals surface area contributed by atoms with E-state index >= 15 is 0 Å². The number of aromatic hydroxyl groups is 1. The van der Waals surface area contributed by atoms with E-state index in [2.05, 4.69) is 310 Å². The molecule has 6 nitrogen and oxygen atoms in total. The van der Waals surface area contributed by atoms with Crippen molar-refractivity contribution < 1.29 is 34.7 Å². The van der Waals surface area contributed by atoms with Crippen molar-refractivity contribution >= 4 is 210 Å². The Morgan fingerprint density at radius 2 is 0.583 bits per heavy atom. The summed E-state index contributed by atoms with van der Waals surface area (Å²) in [5.41, 5.74) is 27.8. The molecule has 144 heavy (non-hydrogen) atoms. The Bertz CT molecular complexity index is 6250. The summed E-state index contributed by atoms with van der Waals surface area (Å²) in [4.78, 5) is 30.7. The number of halogens is 7. The van der Waals surface area contributed by atoms with Gasteiger partial charge in [-0.2, -0.15) is 0 Å². The predicted octanol–water partition coefficient (Wildman–Crippen LogP) is 38.8. The van der Waals surface area contributed by atoms with Gasteiger partial charge in [0.15, 0.2) is 11.6 Å². The summed E-state index contributed by atoms with van der Waals surface area (Å²) in [6.07, 6.45) is 46.0. The van der Waals surface area contributed by atoms with E-state index in [-0.39, 0.29) is 47.1 Å². The summed E-state index contributed by atoms with van der Waals surface area (Å²) < 4.78 is 40.4. The second-order valence-electron chi connectivity index (χ2n) is 37.7. The molecule has 0 aliphatic heterocycles. The molecule has 0 amide bonds. The largest absolute Gasteiger partial charge is 0.508 e. The van der Waals surface area contributed by atoms with Crippen LogP contribution in [-0.2, 0) is 93.2 Å². The van der Waals surface area contributed by atoms with Crippen molar-refractivity contribution in [2.45, 2.75) is 288 Å². The normalized spacial score (nSPS) is 15.8. The Balaban J connectivity index is 0.000000161. The first-order valence-electron chi connectivity index (χ1n) is 52.7. The minimum atomic E-state index is -1.00. The Kier molecular flexibility index (Phi) is 48.7. The molecular weight excluding hydrogens is 2370 g/mol. The van der Waals surface area contributed by atoms with Crippen LogP contribution in [0.4, 0.5) is 4.39 Å². The van der Waals surface area contributed by atoms with Gasteiger partial charge in [0, 0.05) is 157 Å². The van der Waals surface area contributed by atoms with Crippen molar-refractivity contribution in [1.82, 2.24) is 0 Å². The summed E-state index contributed by atoms with van der Waals surface area (Å²) in [6.45, 7) is 13.5. The van der Waals surface area contributed by atoms with Crippen molar-refractivity contribution in [3.63, 3.8) is 0 Å². The number of hydrogen-bond donors (Lipinski definition) is 1. The smallest absolute Gasteiger partial charge is 0.183 e. The number of allylic oxidation sites excluding steroid dienone is 4. The van der Waals surface area contributed by atoms with Crippen molar-refractivity contribution in [2.75, 3.05) is 37.6 Å². The summed E-state index contributed by atoms with van der Waals surface area (Å²) in [7, 11) is 4.63. The molecule has 22 rings (SSSR count). The Morgan fingerprint density at radius 1 is 0.333 bits per heavy atom. The van der Waals surface area contributed by atoms with Crippen LogP contribution in [0.5, 0.6) is 23.0 Å². The molecule has 0 atom stereocenters. The third-order valence-electron chi connectivity index (χ3n) is 28.2. The van der Waals surface area contributed by atoms with Gasteiger partial charge in [-0.1, -0.05) is 347 Å². The molecule has 10 aliphatic rings. The average molecular weight is 2510 g/mol. The zero-order valence-electron chi connectivity index (χ0n) is 84.6. The maximum Gasteiger partial charge on any atom is 0.183 e. The van der Waals surface area contributed by atoms with Gasteiger partial charge < -0.3 is 19.3 Å². The van der Waals surface area contributed by atoms with Gasteiger partial charge in [-0.05, 0) is 297 Å². The first kappa shape index (κ1) is 114. The van der Waals surface area contributed by atoms with Crippen LogP contribution in [0.1, 0.15) is 375 Å². The van der Waals surface area contributed by atoms with Crippen LogP contribution in [0, 0.1) is 0 Å². The Labute approximate surface area is 946 Å². The molecule has 0 unspecified atom stereocenters. The molecule has 0 fully saturated rings. The SMILES string of the molecule is CCCCCCCCBr.CCCCCCCCOc1ccc(O)c2c1C1c3ccccc3C2c2ccccc21.CCCCCCCCOc1ccc(OCCCCc2cc(Br)sc2-c2cc(CCCCCC)c(Br)s2)c2c1C1c3ccccc3C2c2ccccc21.CCCCCCc1cc(-c2sc(Br)cc2CCCCBr)sc1Br.O=C1C=CC(=O)C2=C1C1c3ccccc3C2c2ccccc21.S=S=S=S=S=S.[2H]CF. The van der Waals surface area contributed by atoms with Gasteiger partial charge in [-0.15, -0.1) is 45.3 Å². The van der Waals surface area contributed by atoms with Crippen molar-refractivity contribution in [2.24, 2.45) is 0 Å². The van der Waals surface area contributed by atoms with Crippen LogP contribution in [0.2, 0.25) is 0 Å². The zero-order chi connectivity index (χ0) is 102. The maximum absolute atomic E-state index is 12.5. The number of carbonyl (C=O) groups excluding carboxylic acids is 2. The lowest BCUT2D eigenvalue weighted by Crippen LogP contribution is -2.35. The summed E-state index contributed by atoms with van der Waals surface area (Å²) >= 11 is 38.7. The molecule has 0 saturated carbocycles. The molecule has 766 valence electrons. The van der Waals surface area contributed by atoms with E-state index in [1.165, 1.54) is 373 Å². The molecular formula is C121H137Br6FO6S10. The van der Waals surface area contributed by atoms with E-state index in [4.69, 9.17) is 15.6 Å². The number of carbonyl (C=O) groups is 2. The highest BCUT2D eigenvalue weighted by Gasteiger charge is 2.49. The molecule has 4 aromatic heterocycles. The number of hydrogen-bond acceptors (Lipinski definition) is 12. The van der Waals surface area contributed by atoms with Crippen LogP contribution in [0.25, 0.3) is 19.5 Å². The second-order valence-corrected chi connectivity index (χ2v) is 56.0. The third kappa shape index (κ3) is 29.6. The van der Waals surface area contributed by atoms with Gasteiger partial charge in [0.1, 0.15) is 23.0 Å². The van der Waals surface area contributed by atoms with Gasteiger partial charge in [-0.25, -0.2) is 0 Å². The zero-order valence-corrected chi connectivity index (χ0v) is 101. The molecule has 4 heterocycles. The lowest BCUT2D eigenvalue weighted by atomic mass is 9.58. The molecule has 0 radical (unpaired) electrons. The van der Waals surface area contributed by atoms with E-state index in [0.29, 0.717) is 23.5 Å². The summed E-state index contributed by atoms with van der Waals surface area (Å²) in [5.74, 6) is 3.67. The van der Waals surface area contributed by atoms with Crippen LogP contribution in [0.3, 0.4) is 0 Å². The number of phenols is 1. The lowest BCUT2D eigenvalue weighted by Gasteiger charge is -2.43. The van der Waals surface area contributed by atoms with Crippen LogP contribution in [0.15, 0.2) is 233 Å². The number of ether oxygens (including phenoxy) is 3. The molecule has 23 heteroatoms. The van der Waals surface area contributed by atoms with Crippen molar-refractivity contribution in [3.8, 4) is 42.5 Å². The van der Waals surface area contributed by atoms with Gasteiger partial charge >= 0.3 is 0 Å². The number of thiophene rings is 4. The fourth-order valence-corrected chi connectivity index (χ4v) is 35.0. The number of benzene rings is 8. The highest BCUT2D eigenvalue weighted by molar-refractivity contribution is 9.11. The maximum atomic E-state index is 12.5. The number of alkyl halides is 3.